The van der Waals surface area contributed by atoms with Gasteiger partial charge in [0, 0.05) is 30.5 Å². The first kappa shape index (κ1) is 19.7. The van der Waals surface area contributed by atoms with Crippen molar-refractivity contribution in [1.82, 2.24) is 29.7 Å². The Morgan fingerprint density at radius 1 is 0.935 bits per heavy atom. The van der Waals surface area contributed by atoms with Gasteiger partial charge in [-0.25, -0.2) is 4.98 Å². The molecule has 4 aromatic heterocycles. The minimum absolute atomic E-state index is 0.100. The summed E-state index contributed by atoms with van der Waals surface area (Å²) in [6.45, 7) is 0.583. The molecule has 5 heterocycles. The maximum Gasteiger partial charge on any atom is 0.170 e. The molecule has 1 fully saturated rings. The molecule has 1 saturated heterocycles. The van der Waals surface area contributed by atoms with Crippen molar-refractivity contribution < 1.29 is 0 Å². The van der Waals surface area contributed by atoms with E-state index in [1.807, 2.05) is 60.8 Å². The largest absolute Gasteiger partial charge is 0.352 e. The smallest absolute Gasteiger partial charge is 0.170 e. The Labute approximate surface area is 190 Å². The molecule has 31 heavy (non-hydrogen) atoms. The number of thiocarbonyl (C=S) groups is 1. The Morgan fingerprint density at radius 3 is 2.48 bits per heavy atom. The van der Waals surface area contributed by atoms with Crippen molar-refractivity contribution in [3.63, 3.8) is 0 Å². The maximum atomic E-state index is 6.05. The van der Waals surface area contributed by atoms with E-state index in [0.717, 1.165) is 22.9 Å². The molecule has 154 valence electrons. The molecule has 1 N–H and O–H groups in total. The average Bonchev–Trinajstić information content (AvgIpc) is 3.40. The van der Waals surface area contributed by atoms with E-state index in [-0.39, 0.29) is 12.1 Å². The third-order valence-corrected chi connectivity index (χ3v) is 5.87. The first-order valence-electron chi connectivity index (χ1n) is 9.88. The van der Waals surface area contributed by atoms with E-state index in [1.165, 1.54) is 0 Å². The summed E-state index contributed by atoms with van der Waals surface area (Å²) in [5, 5.41) is 4.75. The minimum atomic E-state index is -0.113. The van der Waals surface area contributed by atoms with Crippen LogP contribution in [-0.2, 0) is 6.54 Å². The fraction of sp³-hybridized carbons (Fsp3) is 0.130. The zero-order valence-electron chi connectivity index (χ0n) is 16.5. The van der Waals surface area contributed by atoms with Crippen molar-refractivity contribution in [3.8, 4) is 5.82 Å². The third-order valence-electron chi connectivity index (χ3n) is 5.30. The molecule has 1 aliphatic heterocycles. The van der Waals surface area contributed by atoms with Gasteiger partial charge in [0.25, 0.3) is 0 Å². The van der Waals surface area contributed by atoms with Crippen molar-refractivity contribution >= 4 is 28.9 Å². The number of rotatable bonds is 5. The Hall–Kier alpha value is -3.29. The van der Waals surface area contributed by atoms with Gasteiger partial charge in [-0.1, -0.05) is 23.7 Å². The Kier molecular flexibility index (Phi) is 5.36. The molecule has 0 radical (unpaired) electrons. The van der Waals surface area contributed by atoms with Gasteiger partial charge in [0.2, 0.25) is 0 Å². The van der Waals surface area contributed by atoms with Crippen LogP contribution in [-0.4, -0.2) is 29.5 Å². The topological polar surface area (TPSA) is 58.9 Å². The lowest BCUT2D eigenvalue weighted by Gasteiger charge is -2.28. The average molecular weight is 447 g/mol. The number of nitrogens with zero attached hydrogens (tertiary/aromatic N) is 5. The molecule has 6 nitrogen and oxygen atoms in total. The number of halogens is 1. The summed E-state index contributed by atoms with van der Waals surface area (Å²) in [7, 11) is 0. The normalized spacial score (nSPS) is 18.2. The summed E-state index contributed by atoms with van der Waals surface area (Å²) in [5.74, 6) is 0.791. The van der Waals surface area contributed by atoms with Crippen molar-refractivity contribution in [2.75, 3.05) is 0 Å². The van der Waals surface area contributed by atoms with Crippen molar-refractivity contribution in [3.05, 3.63) is 108 Å². The maximum absolute atomic E-state index is 6.05. The van der Waals surface area contributed by atoms with Gasteiger partial charge in [0.15, 0.2) is 5.11 Å². The van der Waals surface area contributed by atoms with Gasteiger partial charge in [-0.05, 0) is 60.7 Å². The molecule has 2 atom stereocenters. The first-order valence-corrected chi connectivity index (χ1v) is 10.7. The highest BCUT2D eigenvalue weighted by atomic mass is 35.5. The van der Waals surface area contributed by atoms with Gasteiger partial charge < -0.3 is 14.8 Å². The van der Waals surface area contributed by atoms with Crippen LogP contribution >= 0.6 is 23.8 Å². The first-order chi connectivity index (χ1) is 15.2. The number of hydrogen-bond donors (Lipinski definition) is 1. The summed E-state index contributed by atoms with van der Waals surface area (Å²) < 4.78 is 2.07. The van der Waals surface area contributed by atoms with Gasteiger partial charge in [-0.2, -0.15) is 0 Å². The Morgan fingerprint density at radius 2 is 1.77 bits per heavy atom. The molecule has 0 bridgehead atoms. The van der Waals surface area contributed by atoms with E-state index in [2.05, 4.69) is 35.8 Å². The minimum Gasteiger partial charge on any atom is -0.352 e. The van der Waals surface area contributed by atoms with E-state index < -0.39 is 0 Å². The lowest BCUT2D eigenvalue weighted by molar-refractivity contribution is 0.299. The standard InChI is InChI=1S/C23H19ClN6S/c24-16-9-10-20(27-14-16)29-13-5-8-19(29)22-21(18-7-2-4-12-26-18)28-23(31)30(22)15-17-6-1-3-11-25-17/h1-14,21-22H,15H2,(H,28,31). The second-order valence-electron chi connectivity index (χ2n) is 7.21. The molecule has 8 heteroatoms. The van der Waals surface area contributed by atoms with Crippen molar-refractivity contribution in [1.29, 1.82) is 0 Å². The zero-order chi connectivity index (χ0) is 21.2. The fourth-order valence-electron chi connectivity index (χ4n) is 3.92. The fourth-order valence-corrected chi connectivity index (χ4v) is 4.33. The van der Waals surface area contributed by atoms with Crippen LogP contribution < -0.4 is 5.32 Å². The van der Waals surface area contributed by atoms with Crippen LogP contribution in [0.5, 0.6) is 0 Å². The number of aromatic nitrogens is 4. The van der Waals surface area contributed by atoms with Crippen LogP contribution in [0.2, 0.25) is 5.02 Å². The quantitative estimate of drug-likeness (QED) is 0.456. The molecule has 0 amide bonds. The molecule has 2 unspecified atom stereocenters. The Bertz CT molecular complexity index is 1180. The van der Waals surface area contributed by atoms with Gasteiger partial charge in [0.1, 0.15) is 5.82 Å². The highest BCUT2D eigenvalue weighted by Gasteiger charge is 2.41. The lowest BCUT2D eigenvalue weighted by Crippen LogP contribution is -2.30. The van der Waals surface area contributed by atoms with Gasteiger partial charge >= 0.3 is 0 Å². The molecular weight excluding hydrogens is 428 g/mol. The summed E-state index contributed by atoms with van der Waals surface area (Å²) in [6, 6.07) is 19.5. The van der Waals surface area contributed by atoms with E-state index in [0.29, 0.717) is 16.7 Å². The molecule has 0 spiro atoms. The van der Waals surface area contributed by atoms with Crippen LogP contribution in [0.1, 0.15) is 29.2 Å². The predicted octanol–water partition coefficient (Wildman–Crippen LogP) is 4.49. The van der Waals surface area contributed by atoms with Crippen LogP contribution in [0.4, 0.5) is 0 Å². The van der Waals surface area contributed by atoms with E-state index in [9.17, 15) is 0 Å². The lowest BCUT2D eigenvalue weighted by atomic mass is 10.0. The molecule has 0 saturated carbocycles. The van der Waals surface area contributed by atoms with Crippen molar-refractivity contribution in [2.24, 2.45) is 0 Å². The van der Waals surface area contributed by atoms with E-state index >= 15 is 0 Å². The SMILES string of the molecule is S=C1NC(c2ccccn2)C(c2cccn2-c2ccc(Cl)cn2)N1Cc1ccccn1. The molecule has 0 aliphatic carbocycles. The molecule has 1 aliphatic rings. The van der Waals surface area contributed by atoms with Crippen LogP contribution in [0.25, 0.3) is 5.82 Å². The zero-order valence-corrected chi connectivity index (χ0v) is 18.0. The number of nitrogens with one attached hydrogen (secondary N) is 1. The predicted molar refractivity (Wildman–Crippen MR) is 124 cm³/mol. The van der Waals surface area contributed by atoms with Crippen molar-refractivity contribution in [2.45, 2.75) is 18.6 Å². The molecule has 5 rings (SSSR count). The summed E-state index contributed by atoms with van der Waals surface area (Å²) >= 11 is 11.8. The van der Waals surface area contributed by atoms with E-state index in [4.69, 9.17) is 23.8 Å². The van der Waals surface area contributed by atoms with Gasteiger partial charge in [-0.3, -0.25) is 9.97 Å². The van der Waals surface area contributed by atoms with E-state index in [1.54, 1.807) is 18.6 Å². The Balaban J connectivity index is 1.60. The molecule has 4 aromatic rings. The monoisotopic (exact) mass is 446 g/mol. The summed E-state index contributed by atoms with van der Waals surface area (Å²) in [6.07, 6.45) is 7.26. The second-order valence-corrected chi connectivity index (χ2v) is 8.04. The van der Waals surface area contributed by atoms with Crippen LogP contribution in [0.3, 0.4) is 0 Å². The molecular formula is C23H19ClN6S. The van der Waals surface area contributed by atoms with Gasteiger partial charge in [0.05, 0.1) is 35.0 Å². The van der Waals surface area contributed by atoms with Crippen LogP contribution in [0.15, 0.2) is 85.5 Å². The number of pyridine rings is 3. The summed E-state index contributed by atoms with van der Waals surface area (Å²) in [4.78, 5) is 15.8. The molecule has 0 aromatic carbocycles. The van der Waals surface area contributed by atoms with Gasteiger partial charge in [-0.15, -0.1) is 0 Å². The highest BCUT2D eigenvalue weighted by Crippen LogP contribution is 2.40. The third kappa shape index (κ3) is 3.89. The highest BCUT2D eigenvalue weighted by molar-refractivity contribution is 7.80. The number of hydrogen-bond acceptors (Lipinski definition) is 4. The summed E-state index contributed by atoms with van der Waals surface area (Å²) in [5.41, 5.74) is 2.92. The van der Waals surface area contributed by atoms with Crippen LogP contribution in [0, 0.1) is 0 Å². The second kappa shape index (κ2) is 8.45.